The first-order valence-electron chi connectivity index (χ1n) is 7.48. The number of hydrogen-bond acceptors (Lipinski definition) is 4. The number of aromatic nitrogens is 2. The molecule has 0 spiro atoms. The van der Waals surface area contributed by atoms with Gasteiger partial charge in [0.15, 0.2) is 0 Å². The molecule has 0 radical (unpaired) electrons. The van der Waals surface area contributed by atoms with E-state index in [9.17, 15) is 0 Å². The van der Waals surface area contributed by atoms with Crippen LogP contribution in [0.25, 0.3) is 10.9 Å². The third-order valence-corrected chi connectivity index (χ3v) is 4.28. The van der Waals surface area contributed by atoms with Gasteiger partial charge in [-0.3, -0.25) is 0 Å². The Morgan fingerprint density at radius 2 is 2.05 bits per heavy atom. The van der Waals surface area contributed by atoms with Crippen LogP contribution in [0.3, 0.4) is 0 Å². The Labute approximate surface area is 120 Å². The van der Waals surface area contributed by atoms with E-state index in [0.717, 1.165) is 31.1 Å². The van der Waals surface area contributed by atoms with Gasteiger partial charge >= 0.3 is 0 Å². The minimum absolute atomic E-state index is 0.861. The van der Waals surface area contributed by atoms with Crippen molar-refractivity contribution in [1.82, 2.24) is 15.5 Å². The molecule has 2 heterocycles. The van der Waals surface area contributed by atoms with E-state index in [1.165, 1.54) is 30.3 Å². The Morgan fingerprint density at radius 3 is 2.85 bits per heavy atom. The number of nitrogens with zero attached hydrogens (tertiary/aromatic N) is 3. The van der Waals surface area contributed by atoms with Crippen LogP contribution in [0, 0.1) is 5.92 Å². The number of rotatable bonds is 4. The lowest BCUT2D eigenvalue weighted by Gasteiger charge is -2.33. The molecule has 3 rings (SSSR count). The van der Waals surface area contributed by atoms with Crippen molar-refractivity contribution in [2.45, 2.75) is 19.3 Å². The van der Waals surface area contributed by atoms with Crippen LogP contribution in [-0.4, -0.2) is 36.9 Å². The molecule has 0 bridgehead atoms. The van der Waals surface area contributed by atoms with E-state index in [2.05, 4.69) is 32.5 Å². The van der Waals surface area contributed by atoms with Gasteiger partial charge in [0.25, 0.3) is 0 Å². The third-order valence-electron chi connectivity index (χ3n) is 4.28. The third kappa shape index (κ3) is 2.75. The van der Waals surface area contributed by atoms with Crippen molar-refractivity contribution in [3.8, 4) is 0 Å². The first kappa shape index (κ1) is 13.3. The molecule has 1 N–H and O–H groups in total. The summed E-state index contributed by atoms with van der Waals surface area (Å²) < 4.78 is 0. The number of piperidine rings is 1. The van der Waals surface area contributed by atoms with Crippen molar-refractivity contribution in [3.63, 3.8) is 0 Å². The molecule has 0 saturated carbocycles. The fourth-order valence-electron chi connectivity index (χ4n) is 3.06. The molecule has 0 aliphatic carbocycles. The Bertz CT molecular complexity index is 556. The molecular formula is C16H22N4. The highest BCUT2D eigenvalue weighted by molar-refractivity contribution is 5.90. The van der Waals surface area contributed by atoms with E-state index in [0.29, 0.717) is 0 Å². The van der Waals surface area contributed by atoms with Crippen LogP contribution in [0.1, 0.15) is 19.3 Å². The summed E-state index contributed by atoms with van der Waals surface area (Å²) >= 11 is 0. The number of benzene rings is 1. The Balaban J connectivity index is 1.74. The lowest BCUT2D eigenvalue weighted by Crippen LogP contribution is -2.34. The van der Waals surface area contributed by atoms with Crippen molar-refractivity contribution < 1.29 is 0 Å². The fraction of sp³-hybridized carbons (Fsp3) is 0.500. The Hall–Kier alpha value is -1.68. The van der Waals surface area contributed by atoms with E-state index in [1.807, 2.05) is 25.4 Å². The standard InChI is InChI=1S/C16H22N4/c1-17-9-6-13-7-10-20(11-8-13)16-12-18-19-15-5-3-2-4-14(15)16/h2-5,12-13,17H,6-11H2,1H3. The molecule has 0 amide bonds. The molecule has 4 heteroatoms. The molecule has 0 atom stereocenters. The summed E-state index contributed by atoms with van der Waals surface area (Å²) in [6.07, 6.45) is 5.76. The van der Waals surface area contributed by atoms with Crippen molar-refractivity contribution in [2.75, 3.05) is 31.6 Å². The highest BCUT2D eigenvalue weighted by atomic mass is 15.2. The van der Waals surface area contributed by atoms with Crippen LogP contribution in [0.5, 0.6) is 0 Å². The first-order valence-corrected chi connectivity index (χ1v) is 7.48. The first-order chi connectivity index (χ1) is 9.88. The maximum Gasteiger partial charge on any atom is 0.0950 e. The predicted molar refractivity (Wildman–Crippen MR) is 83.0 cm³/mol. The second kappa shape index (κ2) is 6.18. The van der Waals surface area contributed by atoms with Crippen LogP contribution in [-0.2, 0) is 0 Å². The average molecular weight is 270 g/mol. The molecule has 1 aromatic heterocycles. The lowest BCUT2D eigenvalue weighted by molar-refractivity contribution is 0.378. The second-order valence-corrected chi connectivity index (χ2v) is 5.57. The summed E-state index contributed by atoms with van der Waals surface area (Å²) in [5.41, 5.74) is 2.23. The van der Waals surface area contributed by atoms with Crippen LogP contribution < -0.4 is 10.2 Å². The van der Waals surface area contributed by atoms with Crippen LogP contribution in [0.4, 0.5) is 5.69 Å². The number of hydrogen-bond donors (Lipinski definition) is 1. The van der Waals surface area contributed by atoms with Gasteiger partial charge in [-0.15, -0.1) is 0 Å². The SMILES string of the molecule is CNCCC1CCN(c2cnnc3ccccc23)CC1. The Kier molecular flexibility index (Phi) is 4.11. The fourth-order valence-corrected chi connectivity index (χ4v) is 3.06. The van der Waals surface area contributed by atoms with Crippen molar-refractivity contribution >= 4 is 16.6 Å². The normalized spacial score (nSPS) is 16.8. The molecule has 20 heavy (non-hydrogen) atoms. The van der Waals surface area contributed by atoms with E-state index in [-0.39, 0.29) is 0 Å². The lowest BCUT2D eigenvalue weighted by atomic mass is 9.93. The van der Waals surface area contributed by atoms with Gasteiger partial charge in [-0.2, -0.15) is 10.2 Å². The topological polar surface area (TPSA) is 41.0 Å². The second-order valence-electron chi connectivity index (χ2n) is 5.57. The summed E-state index contributed by atoms with van der Waals surface area (Å²) in [5, 5.41) is 12.8. The average Bonchev–Trinajstić information content (AvgIpc) is 2.53. The predicted octanol–water partition coefficient (Wildman–Crippen LogP) is 2.46. The zero-order valence-corrected chi connectivity index (χ0v) is 12.0. The summed E-state index contributed by atoms with van der Waals surface area (Å²) in [5.74, 6) is 0.861. The van der Waals surface area contributed by atoms with Gasteiger partial charge in [0, 0.05) is 18.5 Å². The maximum atomic E-state index is 4.21. The van der Waals surface area contributed by atoms with Gasteiger partial charge in [-0.05, 0) is 44.8 Å². The van der Waals surface area contributed by atoms with E-state index >= 15 is 0 Å². The minimum atomic E-state index is 0.861. The van der Waals surface area contributed by atoms with Crippen molar-refractivity contribution in [1.29, 1.82) is 0 Å². The van der Waals surface area contributed by atoms with Gasteiger partial charge in [-0.25, -0.2) is 0 Å². The molecule has 1 aliphatic heterocycles. The van der Waals surface area contributed by atoms with Crippen molar-refractivity contribution in [2.24, 2.45) is 5.92 Å². The summed E-state index contributed by atoms with van der Waals surface area (Å²) in [6, 6.07) is 8.27. The molecule has 0 unspecified atom stereocenters. The summed E-state index contributed by atoms with van der Waals surface area (Å²) in [7, 11) is 2.03. The zero-order chi connectivity index (χ0) is 13.8. The molecule has 1 fully saturated rings. The molecule has 4 nitrogen and oxygen atoms in total. The molecule has 1 aromatic carbocycles. The van der Waals surface area contributed by atoms with Gasteiger partial charge in [0.05, 0.1) is 17.4 Å². The van der Waals surface area contributed by atoms with Gasteiger partial charge in [0.2, 0.25) is 0 Å². The minimum Gasteiger partial charge on any atom is -0.370 e. The van der Waals surface area contributed by atoms with Gasteiger partial charge < -0.3 is 10.2 Å². The monoisotopic (exact) mass is 270 g/mol. The molecule has 106 valence electrons. The molecule has 1 aliphatic rings. The zero-order valence-electron chi connectivity index (χ0n) is 12.0. The van der Waals surface area contributed by atoms with Crippen LogP contribution >= 0.6 is 0 Å². The highest BCUT2D eigenvalue weighted by Crippen LogP contribution is 2.29. The van der Waals surface area contributed by atoms with Crippen LogP contribution in [0.2, 0.25) is 0 Å². The van der Waals surface area contributed by atoms with E-state index < -0.39 is 0 Å². The van der Waals surface area contributed by atoms with E-state index in [1.54, 1.807) is 0 Å². The van der Waals surface area contributed by atoms with Gasteiger partial charge in [-0.1, -0.05) is 18.2 Å². The smallest absolute Gasteiger partial charge is 0.0950 e. The summed E-state index contributed by atoms with van der Waals surface area (Å²) in [4.78, 5) is 2.47. The number of nitrogens with one attached hydrogen (secondary N) is 1. The molecular weight excluding hydrogens is 248 g/mol. The van der Waals surface area contributed by atoms with Gasteiger partial charge in [0.1, 0.15) is 0 Å². The largest absolute Gasteiger partial charge is 0.370 e. The van der Waals surface area contributed by atoms with E-state index in [4.69, 9.17) is 0 Å². The summed E-state index contributed by atoms with van der Waals surface area (Å²) in [6.45, 7) is 3.39. The number of anilines is 1. The molecule has 2 aromatic rings. The quantitative estimate of drug-likeness (QED) is 0.926. The highest BCUT2D eigenvalue weighted by Gasteiger charge is 2.20. The molecule has 1 saturated heterocycles. The maximum absolute atomic E-state index is 4.21. The van der Waals surface area contributed by atoms with Crippen molar-refractivity contribution in [3.05, 3.63) is 30.5 Å². The Morgan fingerprint density at radius 1 is 1.25 bits per heavy atom. The number of fused-ring (bicyclic) bond motifs is 1. The van der Waals surface area contributed by atoms with Crippen LogP contribution in [0.15, 0.2) is 30.5 Å².